The van der Waals surface area contributed by atoms with Crippen LogP contribution in [0.15, 0.2) is 28.8 Å². The van der Waals surface area contributed by atoms with E-state index in [1.54, 1.807) is 0 Å². The zero-order valence-corrected chi connectivity index (χ0v) is 18.1. The summed E-state index contributed by atoms with van der Waals surface area (Å²) in [6.07, 6.45) is 3.26. The van der Waals surface area contributed by atoms with Crippen LogP contribution < -0.4 is 10.2 Å². The Morgan fingerprint density at radius 3 is 2.97 bits per heavy atom. The minimum Gasteiger partial charge on any atom is -0.355 e. The molecule has 1 aliphatic heterocycles. The van der Waals surface area contributed by atoms with Gasteiger partial charge in [-0.1, -0.05) is 41.9 Å². The van der Waals surface area contributed by atoms with Crippen molar-refractivity contribution in [3.8, 4) is 0 Å². The Morgan fingerprint density at radius 1 is 1.33 bits per heavy atom. The summed E-state index contributed by atoms with van der Waals surface area (Å²) < 4.78 is 5.41. The predicted octanol–water partition coefficient (Wildman–Crippen LogP) is 3.72. The molecule has 7 nitrogen and oxygen atoms in total. The molecule has 0 aliphatic carbocycles. The first-order chi connectivity index (χ1) is 14.6. The summed E-state index contributed by atoms with van der Waals surface area (Å²) in [5.41, 5.74) is 2.41. The highest BCUT2D eigenvalue weighted by atomic mass is 35.5. The van der Waals surface area contributed by atoms with Gasteiger partial charge in [0, 0.05) is 24.7 Å². The van der Waals surface area contributed by atoms with Crippen molar-refractivity contribution in [3.05, 3.63) is 46.4 Å². The molecule has 8 heteroatoms. The number of aromatic nitrogens is 3. The van der Waals surface area contributed by atoms with Crippen molar-refractivity contribution in [3.63, 3.8) is 0 Å². The Balaban J connectivity index is 1.44. The van der Waals surface area contributed by atoms with Gasteiger partial charge in [-0.05, 0) is 44.2 Å². The quantitative estimate of drug-likeness (QED) is 0.645. The number of piperidine rings is 1. The van der Waals surface area contributed by atoms with Gasteiger partial charge in [0.2, 0.25) is 5.91 Å². The molecule has 1 fully saturated rings. The van der Waals surface area contributed by atoms with Crippen molar-refractivity contribution in [1.82, 2.24) is 20.4 Å². The van der Waals surface area contributed by atoms with Crippen LogP contribution in [0.25, 0.3) is 11.1 Å². The van der Waals surface area contributed by atoms with E-state index in [2.05, 4.69) is 25.3 Å². The van der Waals surface area contributed by atoms with E-state index in [1.165, 1.54) is 0 Å². The van der Waals surface area contributed by atoms with Crippen molar-refractivity contribution >= 4 is 34.4 Å². The van der Waals surface area contributed by atoms with Crippen LogP contribution in [-0.4, -0.2) is 40.7 Å². The standard InChI is InChI=1S/C22H26ClN5O2/c1-3-18-19-20(25-14(2)26-22(19)30-27-18)28-12-6-8-16(13-28)21(29)24-11-10-15-7-4-5-9-17(15)23/h4-5,7,9,16H,3,6,8,10-13H2,1-2H3,(H,24,29)/t16-/m0/s1. The Kier molecular flexibility index (Phi) is 6.18. The molecule has 1 N–H and O–H groups in total. The zero-order chi connectivity index (χ0) is 21.1. The first kappa shape index (κ1) is 20.6. The molecule has 3 aromatic rings. The molecule has 0 radical (unpaired) electrons. The van der Waals surface area contributed by atoms with Crippen LogP contribution in [0.1, 0.15) is 36.8 Å². The first-order valence-electron chi connectivity index (χ1n) is 10.5. The van der Waals surface area contributed by atoms with Crippen LogP contribution in [0.3, 0.4) is 0 Å². The van der Waals surface area contributed by atoms with Gasteiger partial charge in [0.1, 0.15) is 17.0 Å². The molecule has 3 heterocycles. The van der Waals surface area contributed by atoms with Crippen LogP contribution in [-0.2, 0) is 17.6 Å². The number of aryl methyl sites for hydroxylation is 2. The molecular weight excluding hydrogens is 402 g/mol. The molecule has 0 saturated carbocycles. The third kappa shape index (κ3) is 4.26. The Labute approximate surface area is 180 Å². The fourth-order valence-electron chi connectivity index (χ4n) is 4.01. The fourth-order valence-corrected chi connectivity index (χ4v) is 4.24. The number of halogens is 1. The van der Waals surface area contributed by atoms with Gasteiger partial charge in [0.05, 0.1) is 11.6 Å². The van der Waals surface area contributed by atoms with E-state index in [1.807, 2.05) is 38.1 Å². The molecule has 4 rings (SSSR count). The fraction of sp³-hybridized carbons (Fsp3) is 0.455. The number of carbonyl (C=O) groups excluding carboxylic acids is 1. The second-order valence-corrected chi connectivity index (χ2v) is 8.08. The maximum absolute atomic E-state index is 12.8. The average Bonchev–Trinajstić information content (AvgIpc) is 3.17. The number of hydrogen-bond acceptors (Lipinski definition) is 6. The van der Waals surface area contributed by atoms with Crippen LogP contribution in [0.5, 0.6) is 0 Å². The molecule has 0 spiro atoms. The molecule has 0 unspecified atom stereocenters. The third-order valence-corrected chi connectivity index (χ3v) is 5.95. The highest BCUT2D eigenvalue weighted by Gasteiger charge is 2.29. The minimum absolute atomic E-state index is 0.0785. The summed E-state index contributed by atoms with van der Waals surface area (Å²) in [6, 6.07) is 7.73. The van der Waals surface area contributed by atoms with Crippen LogP contribution >= 0.6 is 11.6 Å². The van der Waals surface area contributed by atoms with E-state index in [-0.39, 0.29) is 11.8 Å². The first-order valence-corrected chi connectivity index (χ1v) is 10.8. The molecule has 30 heavy (non-hydrogen) atoms. The number of nitrogens with zero attached hydrogens (tertiary/aromatic N) is 4. The van der Waals surface area contributed by atoms with Crippen LogP contribution in [0.2, 0.25) is 5.02 Å². The van der Waals surface area contributed by atoms with E-state index < -0.39 is 0 Å². The van der Waals surface area contributed by atoms with Crippen molar-refractivity contribution in [1.29, 1.82) is 0 Å². The van der Waals surface area contributed by atoms with Crippen molar-refractivity contribution < 1.29 is 9.32 Å². The topological polar surface area (TPSA) is 84.2 Å². The van der Waals surface area contributed by atoms with E-state index in [4.69, 9.17) is 16.1 Å². The Hall–Kier alpha value is -2.67. The second kappa shape index (κ2) is 9.00. The number of nitrogens with one attached hydrogen (secondary N) is 1. The van der Waals surface area contributed by atoms with E-state index >= 15 is 0 Å². The average molecular weight is 428 g/mol. The lowest BCUT2D eigenvalue weighted by Crippen LogP contribution is -2.44. The lowest BCUT2D eigenvalue weighted by molar-refractivity contribution is -0.125. The number of carbonyl (C=O) groups is 1. The normalized spacial score (nSPS) is 16.8. The number of hydrogen-bond donors (Lipinski definition) is 1. The minimum atomic E-state index is -0.0831. The van der Waals surface area contributed by atoms with Crippen molar-refractivity contribution in [2.24, 2.45) is 5.92 Å². The van der Waals surface area contributed by atoms with Gasteiger partial charge >= 0.3 is 0 Å². The monoisotopic (exact) mass is 427 g/mol. The number of benzene rings is 1. The lowest BCUT2D eigenvalue weighted by atomic mass is 9.96. The smallest absolute Gasteiger partial charge is 0.263 e. The predicted molar refractivity (Wildman–Crippen MR) is 117 cm³/mol. The third-order valence-electron chi connectivity index (χ3n) is 5.58. The molecule has 1 atom stereocenters. The van der Waals surface area contributed by atoms with Gasteiger partial charge in [0.25, 0.3) is 5.71 Å². The lowest BCUT2D eigenvalue weighted by Gasteiger charge is -2.33. The van der Waals surface area contributed by atoms with E-state index in [0.29, 0.717) is 31.0 Å². The maximum atomic E-state index is 12.8. The molecular formula is C22H26ClN5O2. The van der Waals surface area contributed by atoms with Crippen LogP contribution in [0.4, 0.5) is 5.82 Å². The summed E-state index contributed by atoms with van der Waals surface area (Å²) in [6.45, 7) is 5.93. The summed E-state index contributed by atoms with van der Waals surface area (Å²) >= 11 is 6.21. The van der Waals surface area contributed by atoms with Gasteiger partial charge in [0.15, 0.2) is 0 Å². The Bertz CT molecular complexity index is 1050. The van der Waals surface area contributed by atoms with Crippen LogP contribution in [0, 0.1) is 12.8 Å². The SMILES string of the molecule is CCc1noc2nc(C)nc(N3CCC[C@H](C(=O)NCCc4ccccc4Cl)C3)c12. The zero-order valence-electron chi connectivity index (χ0n) is 17.3. The van der Waals surface area contributed by atoms with E-state index in [0.717, 1.165) is 53.3 Å². The number of fused-ring (bicyclic) bond motifs is 1. The molecule has 1 saturated heterocycles. The summed E-state index contributed by atoms with van der Waals surface area (Å²) in [4.78, 5) is 24.0. The maximum Gasteiger partial charge on any atom is 0.263 e. The van der Waals surface area contributed by atoms with E-state index in [9.17, 15) is 4.79 Å². The highest BCUT2D eigenvalue weighted by molar-refractivity contribution is 6.31. The molecule has 158 valence electrons. The summed E-state index contributed by atoms with van der Waals surface area (Å²) in [5.74, 6) is 1.46. The molecule has 0 bridgehead atoms. The van der Waals surface area contributed by atoms with Gasteiger partial charge < -0.3 is 14.7 Å². The molecule has 1 amide bonds. The molecule has 2 aromatic heterocycles. The summed E-state index contributed by atoms with van der Waals surface area (Å²) in [7, 11) is 0. The Morgan fingerprint density at radius 2 is 2.17 bits per heavy atom. The van der Waals surface area contributed by atoms with Gasteiger partial charge in [-0.15, -0.1) is 0 Å². The van der Waals surface area contributed by atoms with Gasteiger partial charge in [-0.25, -0.2) is 4.98 Å². The number of anilines is 1. The number of amides is 1. The highest BCUT2D eigenvalue weighted by Crippen LogP contribution is 2.31. The van der Waals surface area contributed by atoms with Gasteiger partial charge in [-0.3, -0.25) is 4.79 Å². The number of rotatable bonds is 6. The molecule has 1 aromatic carbocycles. The van der Waals surface area contributed by atoms with Crippen molar-refractivity contribution in [2.75, 3.05) is 24.5 Å². The van der Waals surface area contributed by atoms with Crippen molar-refractivity contribution in [2.45, 2.75) is 39.5 Å². The van der Waals surface area contributed by atoms with Gasteiger partial charge in [-0.2, -0.15) is 4.98 Å². The second-order valence-electron chi connectivity index (χ2n) is 7.68. The largest absolute Gasteiger partial charge is 0.355 e. The molecule has 1 aliphatic rings. The summed E-state index contributed by atoms with van der Waals surface area (Å²) in [5, 5.41) is 8.82.